The maximum absolute atomic E-state index is 13.1. The summed E-state index contributed by atoms with van der Waals surface area (Å²) in [4.78, 5) is 34.3. The molecule has 3 unspecified atom stereocenters. The molecule has 1 aliphatic rings. The van der Waals surface area contributed by atoms with Gasteiger partial charge in [-0.3, -0.25) is 14.5 Å². The van der Waals surface area contributed by atoms with Gasteiger partial charge in [0.2, 0.25) is 0 Å². The lowest BCUT2D eigenvalue weighted by molar-refractivity contribution is -0.121. The van der Waals surface area contributed by atoms with E-state index in [4.69, 9.17) is 29.8 Å². The molecule has 228 valence electrons. The Kier molecular flexibility index (Phi) is 9.84. The maximum Gasteiger partial charge on any atom is 0.268 e. The van der Waals surface area contributed by atoms with Crippen LogP contribution in [0.1, 0.15) is 47.4 Å². The van der Waals surface area contributed by atoms with E-state index < -0.39 is 11.9 Å². The van der Waals surface area contributed by atoms with Crippen molar-refractivity contribution in [3.8, 4) is 22.4 Å². The van der Waals surface area contributed by atoms with E-state index >= 15 is 0 Å². The summed E-state index contributed by atoms with van der Waals surface area (Å²) in [6, 6.07) is 13.7. The minimum absolute atomic E-state index is 0.101. The van der Waals surface area contributed by atoms with Crippen LogP contribution >= 0.6 is 23.2 Å². The van der Waals surface area contributed by atoms with Gasteiger partial charge >= 0.3 is 0 Å². The predicted octanol–water partition coefficient (Wildman–Crippen LogP) is 5.53. The van der Waals surface area contributed by atoms with Crippen molar-refractivity contribution in [3.05, 3.63) is 93.0 Å². The molecule has 5 rings (SSSR count). The fourth-order valence-corrected chi connectivity index (χ4v) is 5.93. The number of likely N-dealkylation sites (N-methyl/N-ethyl adjacent to an activating group) is 1. The molecular formula is C32H33Cl2N7O3. The van der Waals surface area contributed by atoms with Crippen LogP contribution < -0.4 is 10.6 Å². The highest BCUT2D eigenvalue weighted by Crippen LogP contribution is 2.39. The Morgan fingerprint density at radius 3 is 2.68 bits per heavy atom. The first-order valence-corrected chi connectivity index (χ1v) is 15.0. The number of carbonyl (C=O) groups excluding carboxylic acids is 2. The van der Waals surface area contributed by atoms with Gasteiger partial charge in [-0.1, -0.05) is 54.0 Å². The van der Waals surface area contributed by atoms with Gasteiger partial charge in [0.1, 0.15) is 11.4 Å². The molecule has 1 fully saturated rings. The van der Waals surface area contributed by atoms with E-state index in [1.807, 2.05) is 24.1 Å². The van der Waals surface area contributed by atoms with Crippen molar-refractivity contribution in [2.45, 2.75) is 44.4 Å². The molecule has 0 radical (unpaired) electrons. The van der Waals surface area contributed by atoms with E-state index in [2.05, 4.69) is 37.6 Å². The Labute approximate surface area is 265 Å². The number of amides is 1. The molecule has 4 aromatic rings. The van der Waals surface area contributed by atoms with Crippen molar-refractivity contribution in [2.75, 3.05) is 20.2 Å². The zero-order chi connectivity index (χ0) is 31.4. The summed E-state index contributed by atoms with van der Waals surface area (Å²) >= 11 is 12.8. The first-order chi connectivity index (χ1) is 21.2. The number of H-pyrrole nitrogens is 2. The van der Waals surface area contributed by atoms with Gasteiger partial charge in [0.25, 0.3) is 11.7 Å². The molecule has 12 heteroatoms. The van der Waals surface area contributed by atoms with Crippen molar-refractivity contribution in [1.29, 1.82) is 0 Å². The molecule has 3 atom stereocenters. The fraction of sp³-hybridized carbons (Fsp3) is 0.312. The maximum atomic E-state index is 13.1. The average Bonchev–Trinajstić information content (AvgIpc) is 3.76. The average molecular weight is 635 g/mol. The lowest BCUT2D eigenvalue weighted by Crippen LogP contribution is -2.40. The standard InChI is InChI=1S/C32H33Cl2N7O3/c1-18-7-10-25(37-18)28(43)16-41(3)15-21-9-8-20(12-24(21)34)29-30(39-40-31(29)35-2)22-13-26(36-14-22)32(44)38-27(17-42)19-5-4-6-23(33)11-19/h4-6,8-9,11-14,18,25,27,36-37,42H,7,10,15-17H2,1,3H3,(H,38,44)(H,39,40). The van der Waals surface area contributed by atoms with Crippen molar-refractivity contribution in [3.63, 3.8) is 0 Å². The van der Waals surface area contributed by atoms with Gasteiger partial charge in [0, 0.05) is 40.0 Å². The van der Waals surface area contributed by atoms with Crippen molar-refractivity contribution >= 4 is 40.7 Å². The Bertz CT molecular complexity index is 1710. The van der Waals surface area contributed by atoms with E-state index in [1.165, 1.54) is 0 Å². The summed E-state index contributed by atoms with van der Waals surface area (Å²) in [5, 5.41) is 24.2. The SMILES string of the molecule is [C-]#[N+]c1[nH]nc(-c2c[nH]c(C(=O)NC(CO)c3cccc(Cl)c3)c2)c1-c1ccc(CN(C)CC(=O)C2CCC(C)N2)c(Cl)c1. The lowest BCUT2D eigenvalue weighted by Gasteiger charge is -2.19. The molecule has 1 aliphatic heterocycles. The van der Waals surface area contributed by atoms with Crippen LogP contribution in [0.2, 0.25) is 10.0 Å². The molecule has 5 N–H and O–H groups in total. The highest BCUT2D eigenvalue weighted by molar-refractivity contribution is 6.31. The number of aromatic amines is 2. The summed E-state index contributed by atoms with van der Waals surface area (Å²) in [5.74, 6) is -0.0189. The molecule has 1 amide bonds. The number of ketones is 1. The fourth-order valence-electron chi connectivity index (χ4n) is 5.49. The second-order valence-corrected chi connectivity index (χ2v) is 12.0. The van der Waals surface area contributed by atoms with Crippen molar-refractivity contribution in [2.24, 2.45) is 0 Å². The van der Waals surface area contributed by atoms with Crippen LogP contribution in [0.3, 0.4) is 0 Å². The smallest absolute Gasteiger partial charge is 0.268 e. The molecule has 10 nitrogen and oxygen atoms in total. The van der Waals surface area contributed by atoms with Gasteiger partial charge in [-0.2, -0.15) is 0 Å². The molecular weight excluding hydrogens is 601 g/mol. The normalized spacial score (nSPS) is 17.0. The van der Waals surface area contributed by atoms with Gasteiger partial charge in [-0.05, 0) is 67.8 Å². The number of aliphatic hydroxyl groups is 1. The number of carbonyl (C=O) groups is 2. The lowest BCUT2D eigenvalue weighted by atomic mass is 10.0. The number of rotatable bonds is 11. The second-order valence-electron chi connectivity index (χ2n) is 11.1. The summed E-state index contributed by atoms with van der Waals surface area (Å²) in [6.07, 6.45) is 3.50. The number of halogens is 2. The number of hydrogen-bond acceptors (Lipinski definition) is 6. The van der Waals surface area contributed by atoms with E-state index in [9.17, 15) is 14.7 Å². The Hall–Kier alpha value is -3.98. The van der Waals surface area contributed by atoms with Crippen LogP contribution in [0.4, 0.5) is 5.82 Å². The molecule has 0 saturated carbocycles. The summed E-state index contributed by atoms with van der Waals surface area (Å²) < 4.78 is 0. The van der Waals surface area contributed by atoms with Crippen LogP contribution in [-0.4, -0.2) is 69.2 Å². The molecule has 2 aromatic heterocycles. The van der Waals surface area contributed by atoms with Crippen LogP contribution in [-0.2, 0) is 11.3 Å². The highest BCUT2D eigenvalue weighted by atomic mass is 35.5. The first-order valence-electron chi connectivity index (χ1n) is 14.2. The molecule has 0 bridgehead atoms. The topological polar surface area (TPSA) is 130 Å². The molecule has 0 spiro atoms. The van der Waals surface area contributed by atoms with Crippen LogP contribution in [0, 0.1) is 6.57 Å². The van der Waals surface area contributed by atoms with Crippen LogP contribution in [0.25, 0.3) is 27.2 Å². The van der Waals surface area contributed by atoms with Gasteiger partial charge < -0.3 is 25.6 Å². The monoisotopic (exact) mass is 633 g/mol. The van der Waals surface area contributed by atoms with Crippen LogP contribution in [0.15, 0.2) is 54.7 Å². The molecule has 2 aromatic carbocycles. The van der Waals surface area contributed by atoms with E-state index in [0.717, 1.165) is 18.4 Å². The number of nitrogens with zero attached hydrogens (tertiary/aromatic N) is 3. The largest absolute Gasteiger partial charge is 0.394 e. The van der Waals surface area contributed by atoms with Crippen LogP contribution in [0.5, 0.6) is 0 Å². The van der Waals surface area contributed by atoms with Crippen molar-refractivity contribution < 1.29 is 14.7 Å². The zero-order valence-electron chi connectivity index (χ0n) is 24.3. The van der Waals surface area contributed by atoms with E-state index in [1.54, 1.807) is 42.6 Å². The summed E-state index contributed by atoms with van der Waals surface area (Å²) in [7, 11) is 1.89. The molecule has 0 aliphatic carbocycles. The quantitative estimate of drug-likeness (QED) is 0.138. The van der Waals surface area contributed by atoms with Crippen molar-refractivity contribution in [1.82, 2.24) is 30.7 Å². The molecule has 3 heterocycles. The minimum Gasteiger partial charge on any atom is -0.394 e. The first kappa shape index (κ1) is 31.4. The van der Waals surface area contributed by atoms with Gasteiger partial charge in [0.05, 0.1) is 25.2 Å². The predicted molar refractivity (Wildman–Crippen MR) is 171 cm³/mol. The summed E-state index contributed by atoms with van der Waals surface area (Å²) in [6.45, 7) is 10.3. The number of aromatic nitrogens is 3. The highest BCUT2D eigenvalue weighted by Gasteiger charge is 2.27. The number of benzene rings is 2. The van der Waals surface area contributed by atoms with E-state index in [-0.39, 0.29) is 29.9 Å². The third kappa shape index (κ3) is 7.04. The number of hydrogen-bond donors (Lipinski definition) is 5. The van der Waals surface area contributed by atoms with E-state index in [0.29, 0.717) is 57.1 Å². The molecule has 1 saturated heterocycles. The third-order valence-corrected chi connectivity index (χ3v) is 8.36. The van der Waals surface area contributed by atoms with Gasteiger partial charge in [-0.25, -0.2) is 5.10 Å². The Morgan fingerprint density at radius 1 is 1.18 bits per heavy atom. The number of aliphatic hydroxyl groups excluding tert-OH is 1. The number of Topliss-reactive ketones (excluding diaryl/α,β-unsaturated/α-hetero) is 1. The van der Waals surface area contributed by atoms with Gasteiger partial charge in [-0.15, -0.1) is 5.10 Å². The third-order valence-electron chi connectivity index (χ3n) is 7.77. The Balaban J connectivity index is 1.32. The second kappa shape index (κ2) is 13.8. The van der Waals surface area contributed by atoms with Gasteiger partial charge in [0.15, 0.2) is 5.78 Å². The molecule has 44 heavy (non-hydrogen) atoms. The minimum atomic E-state index is -0.650. The number of nitrogens with one attached hydrogen (secondary N) is 4. The zero-order valence-corrected chi connectivity index (χ0v) is 25.8. The Morgan fingerprint density at radius 2 is 2.00 bits per heavy atom. The summed E-state index contributed by atoms with van der Waals surface area (Å²) in [5.41, 5.74) is 4.09.